The number of thiazole rings is 1. The minimum atomic E-state index is -0.551. The van der Waals surface area contributed by atoms with E-state index in [2.05, 4.69) is 15.6 Å². The number of benzene rings is 2. The van der Waals surface area contributed by atoms with E-state index in [1.54, 1.807) is 36.8 Å². The summed E-state index contributed by atoms with van der Waals surface area (Å²) in [6.07, 6.45) is 0. The number of hydrogen-bond donors (Lipinski definition) is 2. The van der Waals surface area contributed by atoms with Crippen LogP contribution in [0.1, 0.15) is 21.6 Å². The molecule has 2 heterocycles. The van der Waals surface area contributed by atoms with Gasteiger partial charge in [-0.3, -0.25) is 9.69 Å². The quantitative estimate of drug-likeness (QED) is 0.399. The highest BCUT2D eigenvalue weighted by Gasteiger charge is 2.29. The van der Waals surface area contributed by atoms with Crippen molar-refractivity contribution in [2.45, 2.75) is 13.2 Å². The maximum atomic E-state index is 12.7. The molecule has 1 fully saturated rings. The summed E-state index contributed by atoms with van der Waals surface area (Å²) in [5, 5.41) is 8.12. The Morgan fingerprint density at radius 1 is 1.19 bits per heavy atom. The van der Waals surface area contributed by atoms with Gasteiger partial charge in [-0.2, -0.15) is 0 Å². The molecule has 0 unspecified atom stereocenters. The Hall–Kier alpha value is -3.92. The highest BCUT2D eigenvalue weighted by atomic mass is 32.1. The molecule has 1 aromatic heterocycles. The van der Waals surface area contributed by atoms with Gasteiger partial charge in [-0.25, -0.2) is 14.6 Å². The molecule has 3 aromatic rings. The summed E-state index contributed by atoms with van der Waals surface area (Å²) in [7, 11) is 1.61. The van der Waals surface area contributed by atoms with Gasteiger partial charge in [-0.05, 0) is 35.9 Å². The van der Waals surface area contributed by atoms with E-state index in [4.69, 9.17) is 9.47 Å². The molecule has 0 saturated carbocycles. The first kappa shape index (κ1) is 21.3. The molecule has 9 nitrogen and oxygen atoms in total. The number of esters is 1. The smallest absolute Gasteiger partial charge is 0.338 e. The number of aromatic nitrogens is 1. The SMILES string of the molecule is COc1ccc(Nc2nc(COC(=O)c3ccccc3CN3C(=O)CNC3=O)cs2)cc1. The summed E-state index contributed by atoms with van der Waals surface area (Å²) in [5.41, 5.74) is 2.29. The molecule has 3 amide bonds. The molecule has 2 N–H and O–H groups in total. The fourth-order valence-electron chi connectivity index (χ4n) is 3.09. The van der Waals surface area contributed by atoms with Gasteiger partial charge in [0.15, 0.2) is 5.13 Å². The molecular weight excluding hydrogens is 432 g/mol. The van der Waals surface area contributed by atoms with Crippen LogP contribution in [0.2, 0.25) is 0 Å². The van der Waals surface area contributed by atoms with E-state index < -0.39 is 12.0 Å². The second-order valence-electron chi connectivity index (χ2n) is 6.87. The number of urea groups is 1. The number of imide groups is 1. The van der Waals surface area contributed by atoms with Crippen molar-refractivity contribution in [2.24, 2.45) is 0 Å². The van der Waals surface area contributed by atoms with Gasteiger partial charge < -0.3 is 20.1 Å². The summed E-state index contributed by atoms with van der Waals surface area (Å²) in [6.45, 7) is -0.0399. The van der Waals surface area contributed by atoms with Crippen molar-refractivity contribution >= 4 is 40.1 Å². The molecular formula is C22H20N4O5S. The first-order chi connectivity index (χ1) is 15.5. The van der Waals surface area contributed by atoms with Gasteiger partial charge in [-0.15, -0.1) is 11.3 Å². The number of nitrogens with one attached hydrogen (secondary N) is 2. The number of hydrogen-bond acceptors (Lipinski definition) is 8. The second-order valence-corrected chi connectivity index (χ2v) is 7.73. The van der Waals surface area contributed by atoms with E-state index in [9.17, 15) is 14.4 Å². The zero-order valence-corrected chi connectivity index (χ0v) is 18.0. The number of methoxy groups -OCH3 is 1. The van der Waals surface area contributed by atoms with Gasteiger partial charge in [0.2, 0.25) is 5.91 Å². The van der Waals surface area contributed by atoms with Crippen LogP contribution in [0.25, 0.3) is 0 Å². The number of nitrogens with zero attached hydrogens (tertiary/aromatic N) is 2. The number of carbonyl (C=O) groups excluding carboxylic acids is 3. The number of ether oxygens (including phenoxy) is 2. The zero-order valence-electron chi connectivity index (χ0n) is 17.2. The van der Waals surface area contributed by atoms with Crippen LogP contribution in [-0.2, 0) is 22.7 Å². The van der Waals surface area contributed by atoms with Crippen molar-refractivity contribution in [1.82, 2.24) is 15.2 Å². The molecule has 0 atom stereocenters. The number of anilines is 2. The predicted molar refractivity (Wildman–Crippen MR) is 118 cm³/mol. The molecule has 0 aliphatic carbocycles. The minimum Gasteiger partial charge on any atom is -0.497 e. The van der Waals surface area contributed by atoms with Crippen molar-refractivity contribution < 1.29 is 23.9 Å². The lowest BCUT2D eigenvalue weighted by atomic mass is 10.1. The van der Waals surface area contributed by atoms with Gasteiger partial charge >= 0.3 is 12.0 Å². The van der Waals surface area contributed by atoms with Crippen molar-refractivity contribution in [3.63, 3.8) is 0 Å². The molecule has 164 valence electrons. The van der Waals surface area contributed by atoms with Crippen LogP contribution in [0.15, 0.2) is 53.9 Å². The number of carbonyl (C=O) groups is 3. The van der Waals surface area contributed by atoms with E-state index in [1.807, 2.05) is 24.3 Å². The summed E-state index contributed by atoms with van der Waals surface area (Å²) in [4.78, 5) is 41.8. The fraction of sp³-hybridized carbons (Fsp3) is 0.182. The minimum absolute atomic E-state index is 0.00255. The van der Waals surface area contributed by atoms with Crippen LogP contribution in [-0.4, -0.2) is 41.4 Å². The van der Waals surface area contributed by atoms with E-state index in [0.29, 0.717) is 22.0 Å². The first-order valence-electron chi connectivity index (χ1n) is 9.72. The summed E-state index contributed by atoms with van der Waals surface area (Å²) in [6, 6.07) is 13.7. The molecule has 10 heteroatoms. The highest BCUT2D eigenvalue weighted by molar-refractivity contribution is 7.13. The highest BCUT2D eigenvalue weighted by Crippen LogP contribution is 2.23. The lowest BCUT2D eigenvalue weighted by Crippen LogP contribution is -2.31. The van der Waals surface area contributed by atoms with Crippen LogP contribution in [0, 0.1) is 0 Å². The molecule has 2 aromatic carbocycles. The average molecular weight is 452 g/mol. The van der Waals surface area contributed by atoms with Crippen LogP contribution < -0.4 is 15.4 Å². The third-order valence-electron chi connectivity index (χ3n) is 4.75. The van der Waals surface area contributed by atoms with Gasteiger partial charge in [0, 0.05) is 11.1 Å². The Morgan fingerprint density at radius 2 is 1.97 bits per heavy atom. The van der Waals surface area contributed by atoms with Gasteiger partial charge in [0.25, 0.3) is 0 Å². The molecule has 1 saturated heterocycles. The molecule has 4 rings (SSSR count). The summed E-state index contributed by atoms with van der Waals surface area (Å²) >= 11 is 1.39. The second kappa shape index (κ2) is 9.48. The molecule has 1 aliphatic heterocycles. The Morgan fingerprint density at radius 3 is 2.69 bits per heavy atom. The Balaban J connectivity index is 1.37. The standard InChI is InChI=1S/C22H20N4O5S/c1-30-17-8-6-15(7-9-17)24-21-25-16(13-32-21)12-31-20(28)18-5-3-2-4-14(18)11-26-19(27)10-23-22(26)29/h2-9,13H,10-12H2,1H3,(H,23,29)(H,24,25). The molecule has 0 radical (unpaired) electrons. The van der Waals surface area contributed by atoms with Crippen LogP contribution >= 0.6 is 11.3 Å². The number of rotatable bonds is 8. The topological polar surface area (TPSA) is 110 Å². The van der Waals surface area contributed by atoms with Crippen LogP contribution in [0.3, 0.4) is 0 Å². The Kier molecular flexibility index (Phi) is 6.31. The van der Waals surface area contributed by atoms with Crippen molar-refractivity contribution in [2.75, 3.05) is 19.0 Å². The zero-order chi connectivity index (χ0) is 22.5. The first-order valence-corrected chi connectivity index (χ1v) is 10.6. The molecule has 0 spiro atoms. The van der Waals surface area contributed by atoms with Crippen molar-refractivity contribution in [1.29, 1.82) is 0 Å². The van der Waals surface area contributed by atoms with E-state index in [1.165, 1.54) is 11.3 Å². The summed E-state index contributed by atoms with van der Waals surface area (Å²) in [5.74, 6) is -0.125. The lowest BCUT2D eigenvalue weighted by Gasteiger charge is -2.15. The van der Waals surface area contributed by atoms with Crippen molar-refractivity contribution in [3.8, 4) is 5.75 Å². The van der Waals surface area contributed by atoms with Gasteiger partial charge in [-0.1, -0.05) is 18.2 Å². The molecule has 1 aliphatic rings. The van der Waals surface area contributed by atoms with Crippen LogP contribution in [0.5, 0.6) is 5.75 Å². The largest absolute Gasteiger partial charge is 0.497 e. The van der Waals surface area contributed by atoms with Gasteiger partial charge in [0.1, 0.15) is 12.4 Å². The maximum Gasteiger partial charge on any atom is 0.338 e. The third kappa shape index (κ3) is 4.86. The molecule has 0 bridgehead atoms. The third-order valence-corrected chi connectivity index (χ3v) is 5.55. The maximum absolute atomic E-state index is 12.7. The fourth-order valence-corrected chi connectivity index (χ4v) is 3.80. The monoisotopic (exact) mass is 452 g/mol. The number of amides is 3. The van der Waals surface area contributed by atoms with Crippen molar-refractivity contribution in [3.05, 3.63) is 70.7 Å². The van der Waals surface area contributed by atoms with Crippen LogP contribution in [0.4, 0.5) is 15.6 Å². The normalized spacial score (nSPS) is 13.1. The van der Waals surface area contributed by atoms with E-state index in [0.717, 1.165) is 16.3 Å². The Bertz CT molecular complexity index is 1130. The van der Waals surface area contributed by atoms with Gasteiger partial charge in [0.05, 0.1) is 31.5 Å². The lowest BCUT2D eigenvalue weighted by molar-refractivity contribution is -0.125. The Labute approximate surface area is 188 Å². The van der Waals surface area contributed by atoms with E-state index in [-0.39, 0.29) is 25.6 Å². The summed E-state index contributed by atoms with van der Waals surface area (Å²) < 4.78 is 10.6. The predicted octanol–water partition coefficient (Wildman–Crippen LogP) is 3.30. The average Bonchev–Trinajstić information content (AvgIpc) is 3.39. The molecule has 32 heavy (non-hydrogen) atoms. The van der Waals surface area contributed by atoms with E-state index >= 15 is 0 Å².